The van der Waals surface area contributed by atoms with Gasteiger partial charge in [0.1, 0.15) is 0 Å². The number of aromatic nitrogens is 1. The lowest BCUT2D eigenvalue weighted by atomic mass is 10.1. The van der Waals surface area contributed by atoms with Crippen molar-refractivity contribution in [2.24, 2.45) is 0 Å². The van der Waals surface area contributed by atoms with Gasteiger partial charge < -0.3 is 9.30 Å². The molecule has 0 unspecified atom stereocenters. The van der Waals surface area contributed by atoms with Gasteiger partial charge in [0.2, 0.25) is 0 Å². The molecule has 0 radical (unpaired) electrons. The van der Waals surface area contributed by atoms with E-state index < -0.39 is 0 Å². The highest BCUT2D eigenvalue weighted by molar-refractivity contribution is 8.18. The van der Waals surface area contributed by atoms with Crippen molar-refractivity contribution < 1.29 is 19.1 Å². The minimum absolute atomic E-state index is 0.223. The van der Waals surface area contributed by atoms with Gasteiger partial charge >= 0.3 is 5.97 Å². The van der Waals surface area contributed by atoms with Gasteiger partial charge in [-0.05, 0) is 92.4 Å². The van der Waals surface area contributed by atoms with Crippen LogP contribution in [0.15, 0.2) is 65.6 Å². The van der Waals surface area contributed by atoms with E-state index in [4.69, 9.17) is 4.74 Å². The second kappa shape index (κ2) is 12.1. The van der Waals surface area contributed by atoms with Crippen LogP contribution in [0.3, 0.4) is 0 Å². The molecule has 0 aliphatic carbocycles. The van der Waals surface area contributed by atoms with Crippen LogP contribution in [0.1, 0.15) is 59.1 Å². The van der Waals surface area contributed by atoms with Gasteiger partial charge in [-0.25, -0.2) is 4.79 Å². The van der Waals surface area contributed by atoms with Crippen LogP contribution < -0.4 is 0 Å². The maximum atomic E-state index is 13.0. The molecule has 1 fully saturated rings. The largest absolute Gasteiger partial charge is 0.462 e. The highest BCUT2D eigenvalue weighted by Crippen LogP contribution is 2.34. The van der Waals surface area contributed by atoms with E-state index in [1.54, 1.807) is 18.2 Å². The maximum Gasteiger partial charge on any atom is 0.338 e. The van der Waals surface area contributed by atoms with E-state index in [1.165, 1.54) is 10.5 Å². The van der Waals surface area contributed by atoms with Crippen molar-refractivity contribution in [1.82, 2.24) is 9.47 Å². The smallest absolute Gasteiger partial charge is 0.338 e. The summed E-state index contributed by atoms with van der Waals surface area (Å²) in [5, 5.41) is -0.223. The quantitative estimate of drug-likeness (QED) is 0.170. The fraction of sp³-hybridized carbons (Fsp3) is 0.300. The molecule has 3 aromatic rings. The number of rotatable bonds is 10. The average molecular weight is 517 g/mol. The molecule has 2 heterocycles. The van der Waals surface area contributed by atoms with E-state index in [0.29, 0.717) is 23.6 Å². The van der Waals surface area contributed by atoms with Crippen molar-refractivity contribution in [2.75, 3.05) is 13.2 Å². The number of imide groups is 1. The third-order valence-corrected chi connectivity index (χ3v) is 7.32. The maximum absolute atomic E-state index is 13.0. The first-order chi connectivity index (χ1) is 17.9. The first-order valence-electron chi connectivity index (χ1n) is 12.6. The Hall–Kier alpha value is -3.58. The van der Waals surface area contributed by atoms with Crippen molar-refractivity contribution >= 4 is 35.0 Å². The normalized spacial score (nSPS) is 14.6. The van der Waals surface area contributed by atoms with Crippen LogP contribution in [-0.4, -0.2) is 39.7 Å². The number of benzene rings is 2. The summed E-state index contributed by atoms with van der Waals surface area (Å²) in [5.74, 6) is -0.556. The molecule has 2 aromatic carbocycles. The van der Waals surface area contributed by atoms with Crippen LogP contribution in [0.2, 0.25) is 0 Å². The summed E-state index contributed by atoms with van der Waals surface area (Å²) >= 11 is 0.994. The number of esters is 1. The van der Waals surface area contributed by atoms with Crippen molar-refractivity contribution in [2.45, 2.75) is 46.5 Å². The first kappa shape index (κ1) is 26.5. The van der Waals surface area contributed by atoms with Crippen molar-refractivity contribution in [1.29, 1.82) is 0 Å². The molecule has 37 heavy (non-hydrogen) atoms. The summed E-state index contributed by atoms with van der Waals surface area (Å²) in [6.07, 6.45) is 5.17. The van der Waals surface area contributed by atoms with Crippen LogP contribution in [0, 0.1) is 13.8 Å². The predicted molar refractivity (Wildman–Crippen MR) is 148 cm³/mol. The number of carbonyl (C=O) groups excluding carboxylic acids is 3. The van der Waals surface area contributed by atoms with Gasteiger partial charge in [-0.3, -0.25) is 14.5 Å². The molecule has 7 heteroatoms. The van der Waals surface area contributed by atoms with Gasteiger partial charge in [0, 0.05) is 23.6 Å². The van der Waals surface area contributed by atoms with Crippen LogP contribution in [-0.2, 0) is 16.0 Å². The van der Waals surface area contributed by atoms with Crippen molar-refractivity contribution in [3.63, 3.8) is 0 Å². The number of ether oxygens (including phenoxy) is 1. The SMILES string of the molecule is CCCCOC(=O)c1ccc(-n2c(C)cc(/C=C3\SC(=O)N(CCCc4ccccc4)C3=O)c2C)cc1. The second-order valence-corrected chi connectivity index (χ2v) is 10.1. The Balaban J connectivity index is 1.45. The van der Waals surface area contributed by atoms with Gasteiger partial charge in [-0.1, -0.05) is 43.7 Å². The number of amides is 2. The molecule has 0 spiro atoms. The molecule has 4 rings (SSSR count). The van der Waals surface area contributed by atoms with Crippen molar-refractivity contribution in [3.8, 4) is 5.69 Å². The number of hydrogen-bond acceptors (Lipinski definition) is 5. The molecule has 0 bridgehead atoms. The Kier molecular flexibility index (Phi) is 8.66. The van der Waals surface area contributed by atoms with E-state index in [9.17, 15) is 14.4 Å². The summed E-state index contributed by atoms with van der Waals surface area (Å²) in [6, 6.07) is 19.4. The second-order valence-electron chi connectivity index (χ2n) is 9.12. The summed E-state index contributed by atoms with van der Waals surface area (Å²) in [4.78, 5) is 39.6. The lowest BCUT2D eigenvalue weighted by Crippen LogP contribution is -2.29. The summed E-state index contributed by atoms with van der Waals surface area (Å²) in [6.45, 7) is 6.86. The number of hydrogen-bond donors (Lipinski definition) is 0. The highest BCUT2D eigenvalue weighted by Gasteiger charge is 2.34. The average Bonchev–Trinajstić information content (AvgIpc) is 3.33. The van der Waals surface area contributed by atoms with Crippen molar-refractivity contribution in [3.05, 3.63) is 93.6 Å². The minimum atomic E-state index is -0.318. The Morgan fingerprint density at radius 2 is 1.73 bits per heavy atom. The van der Waals surface area contributed by atoms with Crippen LogP contribution >= 0.6 is 11.8 Å². The van der Waals surface area contributed by atoms with E-state index >= 15 is 0 Å². The topological polar surface area (TPSA) is 68.6 Å². The monoisotopic (exact) mass is 516 g/mol. The van der Waals surface area contributed by atoms with Gasteiger partial charge in [-0.15, -0.1) is 0 Å². The first-order valence-corrected chi connectivity index (χ1v) is 13.5. The minimum Gasteiger partial charge on any atom is -0.462 e. The molecule has 1 saturated heterocycles. The number of carbonyl (C=O) groups is 3. The Labute approximate surface area is 222 Å². The number of unbranched alkanes of at least 4 members (excludes halogenated alkanes) is 1. The summed E-state index contributed by atoms with van der Waals surface area (Å²) < 4.78 is 7.37. The zero-order chi connectivity index (χ0) is 26.4. The number of nitrogens with zero attached hydrogens (tertiary/aromatic N) is 2. The van der Waals surface area contributed by atoms with Gasteiger partial charge in [0.15, 0.2) is 0 Å². The molecule has 2 amide bonds. The Morgan fingerprint density at radius 3 is 2.43 bits per heavy atom. The fourth-order valence-corrected chi connectivity index (χ4v) is 5.25. The molecule has 192 valence electrons. The lowest BCUT2D eigenvalue weighted by molar-refractivity contribution is -0.122. The summed E-state index contributed by atoms with van der Waals surface area (Å²) in [5.41, 5.74) is 5.45. The van der Waals surface area contributed by atoms with Crippen LogP contribution in [0.5, 0.6) is 0 Å². The molecule has 1 aliphatic rings. The molecule has 1 aliphatic heterocycles. The molecule has 0 saturated carbocycles. The zero-order valence-electron chi connectivity index (χ0n) is 21.5. The summed E-state index contributed by atoms with van der Waals surface area (Å²) in [7, 11) is 0. The molecular formula is C30H32N2O4S. The standard InChI is InChI=1S/C30H32N2O4S/c1-4-5-18-36-29(34)24-13-15-26(16-14-24)32-21(2)19-25(22(32)3)20-27-28(33)31(30(35)37-27)17-9-12-23-10-7-6-8-11-23/h6-8,10-11,13-16,19-20H,4-5,9,12,17-18H2,1-3H3/b27-20-. The molecular weight excluding hydrogens is 484 g/mol. The van der Waals surface area contributed by atoms with Crippen LogP contribution in [0.25, 0.3) is 11.8 Å². The molecule has 0 N–H and O–H groups in total. The van der Waals surface area contributed by atoms with Gasteiger partial charge in [-0.2, -0.15) is 0 Å². The Morgan fingerprint density at radius 1 is 1.00 bits per heavy atom. The third kappa shape index (κ3) is 6.23. The molecule has 1 aromatic heterocycles. The third-order valence-electron chi connectivity index (χ3n) is 6.41. The predicted octanol–water partition coefficient (Wildman–Crippen LogP) is 6.72. The molecule has 6 nitrogen and oxygen atoms in total. The number of thioether (sulfide) groups is 1. The zero-order valence-corrected chi connectivity index (χ0v) is 22.3. The van der Waals surface area contributed by atoms with Crippen LogP contribution in [0.4, 0.5) is 4.79 Å². The van der Waals surface area contributed by atoms with E-state index in [0.717, 1.165) is 60.1 Å². The molecule has 0 atom stereocenters. The Bertz CT molecular complexity index is 1310. The van der Waals surface area contributed by atoms with E-state index in [1.807, 2.05) is 50.2 Å². The highest BCUT2D eigenvalue weighted by atomic mass is 32.2. The van der Waals surface area contributed by atoms with Gasteiger partial charge in [0.05, 0.1) is 17.1 Å². The lowest BCUT2D eigenvalue weighted by Gasteiger charge is -2.12. The van der Waals surface area contributed by atoms with E-state index in [2.05, 4.69) is 23.6 Å². The van der Waals surface area contributed by atoms with Gasteiger partial charge in [0.25, 0.3) is 11.1 Å². The number of aryl methyl sites for hydroxylation is 2. The fourth-order valence-electron chi connectivity index (χ4n) is 4.39. The van der Waals surface area contributed by atoms with E-state index in [-0.39, 0.29) is 17.1 Å².